The van der Waals surface area contributed by atoms with Crippen molar-refractivity contribution in [2.24, 2.45) is 5.92 Å². The predicted molar refractivity (Wildman–Crippen MR) is 77.3 cm³/mol. The zero-order valence-corrected chi connectivity index (χ0v) is 11.9. The molecule has 1 amide bonds. The average molecular weight is 277 g/mol. The number of benzene rings is 1. The van der Waals surface area contributed by atoms with Gasteiger partial charge in [0.05, 0.1) is 18.8 Å². The Balaban J connectivity index is 1.73. The molecule has 0 unspecified atom stereocenters. The highest BCUT2D eigenvalue weighted by Crippen LogP contribution is 2.29. The number of carbonyl (C=O) groups excluding carboxylic acids is 1. The van der Waals surface area contributed by atoms with Gasteiger partial charge in [-0.05, 0) is 31.2 Å². The van der Waals surface area contributed by atoms with Crippen molar-refractivity contribution in [3.63, 3.8) is 0 Å². The molecule has 1 atom stereocenters. The summed E-state index contributed by atoms with van der Waals surface area (Å²) in [7, 11) is 1.68. The van der Waals surface area contributed by atoms with Crippen LogP contribution in [-0.4, -0.2) is 36.9 Å². The monoisotopic (exact) mass is 277 g/mol. The van der Waals surface area contributed by atoms with E-state index in [1.165, 1.54) is 5.56 Å². The topological polar surface area (TPSA) is 58.6 Å². The Morgan fingerprint density at radius 3 is 2.70 bits per heavy atom. The van der Waals surface area contributed by atoms with E-state index in [-0.39, 0.29) is 30.6 Å². The highest BCUT2D eigenvalue weighted by Gasteiger charge is 2.35. The number of aryl methyl sites for hydroxylation is 1. The van der Waals surface area contributed by atoms with Gasteiger partial charge in [0.15, 0.2) is 0 Å². The van der Waals surface area contributed by atoms with Gasteiger partial charge in [0.1, 0.15) is 0 Å². The first kappa shape index (κ1) is 15.0. The molecule has 0 heterocycles. The molecule has 0 aliphatic heterocycles. The second kappa shape index (κ2) is 7.41. The fourth-order valence-electron chi connectivity index (χ4n) is 2.49. The highest BCUT2D eigenvalue weighted by atomic mass is 16.5. The van der Waals surface area contributed by atoms with Crippen LogP contribution in [0, 0.1) is 5.92 Å². The van der Waals surface area contributed by atoms with Gasteiger partial charge >= 0.3 is 0 Å². The van der Waals surface area contributed by atoms with Crippen LogP contribution in [-0.2, 0) is 16.0 Å². The predicted octanol–water partition coefficient (Wildman–Crippen LogP) is 1.52. The number of nitrogens with one attached hydrogen (secondary N) is 1. The summed E-state index contributed by atoms with van der Waals surface area (Å²) < 4.78 is 5.17. The summed E-state index contributed by atoms with van der Waals surface area (Å²) in [5.74, 6) is 0.0936. The van der Waals surface area contributed by atoms with E-state index in [2.05, 4.69) is 17.4 Å². The Morgan fingerprint density at radius 1 is 1.40 bits per heavy atom. The van der Waals surface area contributed by atoms with Gasteiger partial charge in [0, 0.05) is 13.0 Å². The summed E-state index contributed by atoms with van der Waals surface area (Å²) >= 11 is 0. The fourth-order valence-corrected chi connectivity index (χ4v) is 2.49. The van der Waals surface area contributed by atoms with Crippen LogP contribution in [0.2, 0.25) is 0 Å². The maximum atomic E-state index is 12.0. The first-order chi connectivity index (χ1) is 9.72. The Morgan fingerprint density at radius 2 is 2.10 bits per heavy atom. The number of rotatable bonds is 7. The van der Waals surface area contributed by atoms with Crippen LogP contribution in [0.5, 0.6) is 0 Å². The summed E-state index contributed by atoms with van der Waals surface area (Å²) in [4.78, 5) is 12.0. The Hall–Kier alpha value is -1.39. The van der Waals surface area contributed by atoms with Crippen LogP contribution in [0.3, 0.4) is 0 Å². The number of hydrogen-bond donors (Lipinski definition) is 2. The Kier molecular flexibility index (Phi) is 5.56. The van der Waals surface area contributed by atoms with Crippen molar-refractivity contribution >= 4 is 5.91 Å². The molecule has 110 valence electrons. The molecule has 0 spiro atoms. The van der Waals surface area contributed by atoms with Crippen LogP contribution in [0.25, 0.3) is 0 Å². The van der Waals surface area contributed by atoms with Crippen molar-refractivity contribution in [1.82, 2.24) is 5.32 Å². The molecule has 0 radical (unpaired) electrons. The van der Waals surface area contributed by atoms with Crippen molar-refractivity contribution in [2.75, 3.05) is 13.7 Å². The lowest BCUT2D eigenvalue weighted by Gasteiger charge is -2.33. The molecule has 0 bridgehead atoms. The zero-order valence-electron chi connectivity index (χ0n) is 11.9. The zero-order chi connectivity index (χ0) is 14.4. The maximum Gasteiger partial charge on any atom is 0.223 e. The van der Waals surface area contributed by atoms with Crippen molar-refractivity contribution in [3.8, 4) is 0 Å². The van der Waals surface area contributed by atoms with Gasteiger partial charge in [0.25, 0.3) is 0 Å². The number of methoxy groups -OCH3 is 1. The molecular formula is C16H23NO3. The summed E-state index contributed by atoms with van der Waals surface area (Å²) in [5.41, 5.74) is 1.23. The summed E-state index contributed by atoms with van der Waals surface area (Å²) in [6.07, 6.45) is 3.42. The lowest BCUT2D eigenvalue weighted by Crippen LogP contribution is -2.46. The van der Waals surface area contributed by atoms with Gasteiger partial charge in [-0.15, -0.1) is 0 Å². The number of aliphatic hydroxyl groups excluding tert-OH is 1. The Labute approximate surface area is 120 Å². The molecule has 20 heavy (non-hydrogen) atoms. The first-order valence-electron chi connectivity index (χ1n) is 7.21. The second-order valence-electron chi connectivity index (χ2n) is 5.44. The average Bonchev–Trinajstić information content (AvgIpc) is 2.43. The second-order valence-corrected chi connectivity index (χ2v) is 5.44. The number of aliphatic hydroxyl groups is 1. The molecule has 2 N–H and O–H groups in total. The standard InChI is InChI=1S/C16H23NO3/c1-20-15-9-13(10-15)16(19)17-14(11-18)8-7-12-5-3-2-4-6-12/h2-6,13-15,18H,7-11H2,1H3,(H,17,19)/t13?,14-,15?/m1/s1. The Bertz CT molecular complexity index is 415. The quantitative estimate of drug-likeness (QED) is 0.794. The molecule has 0 aromatic heterocycles. The minimum atomic E-state index is -0.163. The lowest BCUT2D eigenvalue weighted by molar-refractivity contribution is -0.133. The van der Waals surface area contributed by atoms with Gasteiger partial charge in [-0.25, -0.2) is 0 Å². The molecule has 1 aliphatic carbocycles. The van der Waals surface area contributed by atoms with Crippen LogP contribution in [0.15, 0.2) is 30.3 Å². The normalized spacial score (nSPS) is 22.9. The third kappa shape index (κ3) is 4.05. The van der Waals surface area contributed by atoms with Gasteiger partial charge in [0.2, 0.25) is 5.91 Å². The smallest absolute Gasteiger partial charge is 0.223 e. The van der Waals surface area contributed by atoms with E-state index in [0.717, 1.165) is 25.7 Å². The summed E-state index contributed by atoms with van der Waals surface area (Å²) in [5, 5.41) is 12.3. The third-order valence-corrected chi connectivity index (χ3v) is 3.99. The molecule has 4 heteroatoms. The van der Waals surface area contributed by atoms with E-state index in [4.69, 9.17) is 4.74 Å². The number of carbonyl (C=O) groups is 1. The van der Waals surface area contributed by atoms with Gasteiger partial charge in [-0.1, -0.05) is 30.3 Å². The third-order valence-electron chi connectivity index (χ3n) is 3.99. The van der Waals surface area contributed by atoms with Crippen LogP contribution in [0.1, 0.15) is 24.8 Å². The SMILES string of the molecule is COC1CC(C(=O)N[C@@H](CO)CCc2ccccc2)C1. The molecule has 0 saturated heterocycles. The number of hydrogen-bond acceptors (Lipinski definition) is 3. The summed E-state index contributed by atoms with van der Waals surface area (Å²) in [6, 6.07) is 9.95. The number of amides is 1. The molecule has 1 fully saturated rings. The van der Waals surface area contributed by atoms with Crippen LogP contribution < -0.4 is 5.32 Å². The molecular weight excluding hydrogens is 254 g/mol. The van der Waals surface area contributed by atoms with Crippen molar-refractivity contribution in [3.05, 3.63) is 35.9 Å². The minimum Gasteiger partial charge on any atom is -0.394 e. The van der Waals surface area contributed by atoms with E-state index in [1.807, 2.05) is 18.2 Å². The fraction of sp³-hybridized carbons (Fsp3) is 0.562. The van der Waals surface area contributed by atoms with Gasteiger partial charge in [-0.2, -0.15) is 0 Å². The van der Waals surface area contributed by atoms with Gasteiger partial charge in [-0.3, -0.25) is 4.79 Å². The maximum absolute atomic E-state index is 12.0. The molecule has 1 aromatic rings. The molecule has 1 aromatic carbocycles. The highest BCUT2D eigenvalue weighted by molar-refractivity contribution is 5.80. The molecule has 1 saturated carbocycles. The van der Waals surface area contributed by atoms with E-state index in [1.54, 1.807) is 7.11 Å². The van der Waals surface area contributed by atoms with Gasteiger partial charge < -0.3 is 15.2 Å². The van der Waals surface area contributed by atoms with E-state index in [9.17, 15) is 9.90 Å². The molecule has 1 aliphatic rings. The van der Waals surface area contributed by atoms with Crippen LogP contribution in [0.4, 0.5) is 0 Å². The largest absolute Gasteiger partial charge is 0.394 e. The van der Waals surface area contributed by atoms with Crippen LogP contribution >= 0.6 is 0 Å². The van der Waals surface area contributed by atoms with E-state index >= 15 is 0 Å². The van der Waals surface area contributed by atoms with E-state index in [0.29, 0.717) is 0 Å². The van der Waals surface area contributed by atoms with E-state index < -0.39 is 0 Å². The molecule has 4 nitrogen and oxygen atoms in total. The number of ether oxygens (including phenoxy) is 1. The van der Waals surface area contributed by atoms with Crippen molar-refractivity contribution < 1.29 is 14.6 Å². The first-order valence-corrected chi connectivity index (χ1v) is 7.21. The van der Waals surface area contributed by atoms with Crippen molar-refractivity contribution in [2.45, 2.75) is 37.8 Å². The van der Waals surface area contributed by atoms with Crippen molar-refractivity contribution in [1.29, 1.82) is 0 Å². The minimum absolute atomic E-state index is 0.0149. The molecule has 2 rings (SSSR count). The summed E-state index contributed by atoms with van der Waals surface area (Å²) in [6.45, 7) is -0.0149. The lowest BCUT2D eigenvalue weighted by atomic mass is 9.81.